The summed E-state index contributed by atoms with van der Waals surface area (Å²) >= 11 is 1.67. The van der Waals surface area contributed by atoms with Crippen LogP contribution in [0.3, 0.4) is 0 Å². The fourth-order valence-corrected chi connectivity index (χ4v) is 4.83. The molecule has 0 spiro atoms. The fraction of sp³-hybridized carbons (Fsp3) is 0.0370. The van der Waals surface area contributed by atoms with Gasteiger partial charge in [-0.2, -0.15) is 12.7 Å². The quantitative estimate of drug-likeness (QED) is 0.194. The Kier molecular flexibility index (Phi) is 6.27. The largest absolute Gasteiger partial charge is 0.510 e. The van der Waals surface area contributed by atoms with Gasteiger partial charge >= 0.3 is 0 Å². The molecule has 0 saturated heterocycles. The average molecular weight is 644 g/mol. The molecule has 7 heteroatoms. The number of hydrogen-bond donors (Lipinski definition) is 0. The molecule has 0 N–H and O–H groups in total. The van der Waals surface area contributed by atoms with Crippen LogP contribution in [-0.2, 0) is 21.1 Å². The van der Waals surface area contributed by atoms with E-state index < -0.39 is 0 Å². The summed E-state index contributed by atoms with van der Waals surface area (Å²) in [6.07, 6.45) is 5.66. The first-order valence-electron chi connectivity index (χ1n) is 10.4. The standard InChI is InChI=1S/C27H18N3O2S.Pt/c1-29-13-14-30(18-29)19-7-6-8-20(15-19)31-21-16-23-22-9-2-3-10-25(22)33-27(23)24(17-21)32-26-11-4-5-12-28-26;/h2-14,16,18H,1H3;/q-3;. The summed E-state index contributed by atoms with van der Waals surface area (Å²) in [5, 5.41) is 2.21. The second-order valence-electron chi connectivity index (χ2n) is 7.56. The molecule has 172 valence electrons. The van der Waals surface area contributed by atoms with Gasteiger partial charge in [0.05, 0.1) is 0 Å². The summed E-state index contributed by atoms with van der Waals surface area (Å²) in [7, 11) is 1.98. The number of pyridine rings is 1. The van der Waals surface area contributed by atoms with Crippen LogP contribution in [0.25, 0.3) is 20.2 Å². The van der Waals surface area contributed by atoms with Crippen LogP contribution < -0.4 is 14.4 Å². The van der Waals surface area contributed by atoms with Crippen LogP contribution in [-0.4, -0.2) is 16.9 Å². The predicted molar refractivity (Wildman–Crippen MR) is 132 cm³/mol. The molecular weight excluding hydrogens is 625 g/mol. The molecule has 0 radical (unpaired) electrons. The topological polar surface area (TPSA) is 37.8 Å². The SMILES string of the molecule is CN1C=CN(c2[c-]c(Oc3[c-]c(Oc4ccccn4)c4sc5ccccc5c4c3)ccc2)[CH-]1.[Pt]. The number of rotatable bonds is 5. The van der Waals surface area contributed by atoms with Crippen molar-refractivity contribution in [2.24, 2.45) is 0 Å². The van der Waals surface area contributed by atoms with Gasteiger partial charge in [0.2, 0.25) is 5.88 Å². The zero-order valence-corrected chi connectivity index (χ0v) is 21.1. The molecule has 0 aliphatic carbocycles. The van der Waals surface area contributed by atoms with E-state index >= 15 is 0 Å². The van der Waals surface area contributed by atoms with Gasteiger partial charge in [-0.15, -0.1) is 35.3 Å². The molecule has 0 bridgehead atoms. The third-order valence-corrected chi connectivity index (χ3v) is 6.40. The number of aromatic nitrogens is 1. The van der Waals surface area contributed by atoms with E-state index in [-0.39, 0.29) is 21.1 Å². The van der Waals surface area contributed by atoms with E-state index in [1.165, 1.54) is 4.70 Å². The van der Waals surface area contributed by atoms with Gasteiger partial charge in [0, 0.05) is 55.3 Å². The van der Waals surface area contributed by atoms with E-state index in [9.17, 15) is 0 Å². The molecule has 0 unspecified atom stereocenters. The summed E-state index contributed by atoms with van der Waals surface area (Å²) < 4.78 is 14.6. The van der Waals surface area contributed by atoms with E-state index in [1.807, 2.05) is 90.5 Å². The third kappa shape index (κ3) is 4.39. The molecule has 0 fully saturated rings. The summed E-state index contributed by atoms with van der Waals surface area (Å²) in [5.74, 6) is 2.26. The normalized spacial score (nSPS) is 12.9. The molecule has 3 heterocycles. The van der Waals surface area contributed by atoms with Crippen LogP contribution in [0.1, 0.15) is 0 Å². The molecule has 1 aliphatic rings. The van der Waals surface area contributed by atoms with Crippen LogP contribution in [0.15, 0.2) is 85.3 Å². The van der Waals surface area contributed by atoms with Gasteiger partial charge in [-0.1, -0.05) is 30.3 Å². The van der Waals surface area contributed by atoms with Crippen molar-refractivity contribution in [2.45, 2.75) is 0 Å². The Balaban J connectivity index is 0.00000241. The minimum atomic E-state index is 0. The van der Waals surface area contributed by atoms with Crippen LogP contribution >= 0.6 is 11.3 Å². The predicted octanol–water partition coefficient (Wildman–Crippen LogP) is 6.97. The molecule has 1 aliphatic heterocycles. The molecule has 0 atom stereocenters. The van der Waals surface area contributed by atoms with Gasteiger partial charge in [-0.3, -0.25) is 0 Å². The second-order valence-corrected chi connectivity index (χ2v) is 8.61. The zero-order chi connectivity index (χ0) is 22.2. The minimum Gasteiger partial charge on any atom is -0.510 e. The van der Waals surface area contributed by atoms with E-state index in [4.69, 9.17) is 9.47 Å². The number of anilines is 1. The van der Waals surface area contributed by atoms with Crippen molar-refractivity contribution in [2.75, 3.05) is 11.9 Å². The van der Waals surface area contributed by atoms with E-state index in [0.717, 1.165) is 21.2 Å². The third-order valence-electron chi connectivity index (χ3n) is 5.22. The maximum absolute atomic E-state index is 6.23. The molecule has 2 aromatic heterocycles. The number of nitrogens with zero attached hydrogens (tertiary/aromatic N) is 3. The molecular formula is C27H18N3O2PtS-3. The minimum absolute atomic E-state index is 0. The number of benzene rings is 3. The number of fused-ring (bicyclic) bond motifs is 3. The van der Waals surface area contributed by atoms with Crippen molar-refractivity contribution >= 4 is 37.2 Å². The summed E-state index contributed by atoms with van der Waals surface area (Å²) in [5.41, 5.74) is 0.889. The number of hydrogen-bond acceptors (Lipinski definition) is 6. The Morgan fingerprint density at radius 3 is 2.59 bits per heavy atom. The smallest absolute Gasteiger partial charge is 0.216 e. The Labute approximate surface area is 216 Å². The number of ether oxygens (including phenoxy) is 2. The van der Waals surface area contributed by atoms with Gasteiger partial charge in [0.15, 0.2) is 0 Å². The Bertz CT molecular complexity index is 1490. The summed E-state index contributed by atoms with van der Waals surface area (Å²) in [6, 6.07) is 28.4. The molecule has 5 nitrogen and oxygen atoms in total. The molecule has 6 rings (SSSR count). The van der Waals surface area contributed by atoms with Crippen molar-refractivity contribution in [3.05, 3.63) is 104 Å². The van der Waals surface area contributed by atoms with Crippen molar-refractivity contribution < 1.29 is 30.5 Å². The maximum Gasteiger partial charge on any atom is 0.216 e. The van der Waals surface area contributed by atoms with E-state index in [2.05, 4.69) is 29.2 Å². The summed E-state index contributed by atoms with van der Waals surface area (Å²) in [4.78, 5) is 8.27. The monoisotopic (exact) mass is 643 g/mol. The van der Waals surface area contributed by atoms with Crippen molar-refractivity contribution in [1.29, 1.82) is 0 Å². The number of thiophene rings is 1. The average Bonchev–Trinajstić information content (AvgIpc) is 3.44. The van der Waals surface area contributed by atoms with Gasteiger partial charge < -0.3 is 19.3 Å². The van der Waals surface area contributed by atoms with Crippen LogP contribution in [0, 0.1) is 18.8 Å². The van der Waals surface area contributed by atoms with Gasteiger partial charge in [0.25, 0.3) is 0 Å². The summed E-state index contributed by atoms with van der Waals surface area (Å²) in [6.45, 7) is 1.98. The maximum atomic E-state index is 6.23. The van der Waals surface area contributed by atoms with E-state index in [1.54, 1.807) is 17.5 Å². The molecule has 0 amide bonds. The first-order chi connectivity index (χ1) is 16.2. The Hall–Kier alpha value is -3.34. The first kappa shape index (κ1) is 22.5. The van der Waals surface area contributed by atoms with Gasteiger partial charge in [-0.05, 0) is 41.7 Å². The molecule has 34 heavy (non-hydrogen) atoms. The van der Waals surface area contributed by atoms with Gasteiger partial charge in [0.1, 0.15) is 0 Å². The van der Waals surface area contributed by atoms with Crippen molar-refractivity contribution in [1.82, 2.24) is 9.88 Å². The second kappa shape index (κ2) is 9.49. The van der Waals surface area contributed by atoms with Crippen molar-refractivity contribution in [3.63, 3.8) is 0 Å². The zero-order valence-electron chi connectivity index (χ0n) is 18.0. The Morgan fingerprint density at radius 1 is 0.882 bits per heavy atom. The molecule has 5 aromatic rings. The first-order valence-corrected chi connectivity index (χ1v) is 11.2. The van der Waals surface area contributed by atoms with Gasteiger partial charge in [-0.25, -0.2) is 16.3 Å². The molecule has 3 aromatic carbocycles. The molecule has 0 saturated carbocycles. The Morgan fingerprint density at radius 2 is 1.76 bits per heavy atom. The van der Waals surface area contributed by atoms with Crippen LogP contribution in [0.2, 0.25) is 0 Å². The van der Waals surface area contributed by atoms with Crippen molar-refractivity contribution in [3.8, 4) is 23.1 Å². The van der Waals surface area contributed by atoms with Crippen LogP contribution in [0.5, 0.6) is 23.1 Å². The van der Waals surface area contributed by atoms with E-state index in [0.29, 0.717) is 23.1 Å². The van der Waals surface area contributed by atoms with Crippen LogP contribution in [0.4, 0.5) is 5.69 Å². The fourth-order valence-electron chi connectivity index (χ4n) is 3.71.